The Kier molecular flexibility index (Phi) is 3.82. The molecule has 0 spiro atoms. The first-order chi connectivity index (χ1) is 7.72. The molecule has 16 heavy (non-hydrogen) atoms. The number of carbonyl (C=O) groups excluding carboxylic acids is 1. The van der Waals surface area contributed by atoms with Crippen molar-refractivity contribution in [3.05, 3.63) is 0 Å². The summed E-state index contributed by atoms with van der Waals surface area (Å²) < 4.78 is 5.00. The second-order valence-electron chi connectivity index (χ2n) is 4.98. The number of carbonyl (C=O) groups is 1. The first-order valence-electron chi connectivity index (χ1n) is 6.26. The zero-order valence-electron chi connectivity index (χ0n) is 10.2. The van der Waals surface area contributed by atoms with E-state index >= 15 is 0 Å². The van der Waals surface area contributed by atoms with Crippen LogP contribution in [0.4, 0.5) is 0 Å². The molecule has 4 nitrogen and oxygen atoms in total. The van der Waals surface area contributed by atoms with Gasteiger partial charge in [0.25, 0.3) is 0 Å². The third-order valence-electron chi connectivity index (χ3n) is 3.88. The summed E-state index contributed by atoms with van der Waals surface area (Å²) >= 11 is 0. The number of rotatable bonds is 4. The van der Waals surface area contributed by atoms with Gasteiger partial charge in [-0.05, 0) is 51.1 Å². The molecule has 1 saturated heterocycles. The minimum Gasteiger partial charge on any atom is -0.372 e. The lowest BCUT2D eigenvalue weighted by atomic mass is 9.93. The van der Waals surface area contributed by atoms with Crippen molar-refractivity contribution in [2.24, 2.45) is 11.8 Å². The number of amides is 1. The van der Waals surface area contributed by atoms with E-state index in [2.05, 4.69) is 10.6 Å². The monoisotopic (exact) mass is 226 g/mol. The summed E-state index contributed by atoms with van der Waals surface area (Å²) in [5, 5.41) is 6.44. The van der Waals surface area contributed by atoms with Crippen LogP contribution in [0.25, 0.3) is 0 Å². The molecule has 2 N–H and O–H groups in total. The van der Waals surface area contributed by atoms with Crippen molar-refractivity contribution in [2.75, 3.05) is 20.2 Å². The highest BCUT2D eigenvalue weighted by Crippen LogP contribution is 2.41. The van der Waals surface area contributed by atoms with Crippen molar-refractivity contribution >= 4 is 5.91 Å². The molecule has 4 heteroatoms. The minimum absolute atomic E-state index is 0.0314. The summed E-state index contributed by atoms with van der Waals surface area (Å²) in [7, 11) is 1.57. The van der Waals surface area contributed by atoms with Crippen LogP contribution in [-0.2, 0) is 9.53 Å². The Balaban J connectivity index is 1.72. The average Bonchev–Trinajstić information content (AvgIpc) is 3.08. The van der Waals surface area contributed by atoms with Crippen molar-refractivity contribution in [1.29, 1.82) is 0 Å². The molecule has 1 aliphatic heterocycles. The first kappa shape index (κ1) is 11.9. The predicted molar refractivity (Wildman–Crippen MR) is 62.1 cm³/mol. The van der Waals surface area contributed by atoms with Gasteiger partial charge >= 0.3 is 0 Å². The molecule has 1 aliphatic carbocycles. The van der Waals surface area contributed by atoms with Crippen molar-refractivity contribution in [1.82, 2.24) is 10.6 Å². The van der Waals surface area contributed by atoms with Crippen LogP contribution in [0.5, 0.6) is 0 Å². The lowest BCUT2D eigenvalue weighted by molar-refractivity contribution is -0.130. The van der Waals surface area contributed by atoms with Gasteiger partial charge in [0, 0.05) is 13.2 Å². The molecule has 0 bridgehead atoms. The van der Waals surface area contributed by atoms with Crippen LogP contribution in [0.2, 0.25) is 0 Å². The third-order valence-corrected chi connectivity index (χ3v) is 3.88. The Labute approximate surface area is 97.1 Å². The van der Waals surface area contributed by atoms with E-state index in [4.69, 9.17) is 4.74 Å². The first-order valence-corrected chi connectivity index (χ1v) is 6.26. The molecule has 0 aromatic heterocycles. The molecule has 0 radical (unpaired) electrons. The SMILES string of the molecule is COC(C)C(=O)N[C@@H]1C[C@H]1C1CCNCC1. The summed E-state index contributed by atoms with van der Waals surface area (Å²) in [6.07, 6.45) is 3.36. The molecule has 1 heterocycles. The number of hydrogen-bond acceptors (Lipinski definition) is 3. The lowest BCUT2D eigenvalue weighted by Crippen LogP contribution is -2.37. The summed E-state index contributed by atoms with van der Waals surface area (Å²) in [5.41, 5.74) is 0. The van der Waals surface area contributed by atoms with Crippen molar-refractivity contribution in [2.45, 2.75) is 38.3 Å². The van der Waals surface area contributed by atoms with Crippen molar-refractivity contribution in [3.63, 3.8) is 0 Å². The van der Waals surface area contributed by atoms with Gasteiger partial charge in [-0.1, -0.05) is 0 Å². The van der Waals surface area contributed by atoms with Gasteiger partial charge in [0.2, 0.25) is 5.91 Å². The van der Waals surface area contributed by atoms with Crippen LogP contribution < -0.4 is 10.6 Å². The Bertz CT molecular complexity index is 251. The molecule has 0 aromatic rings. The highest BCUT2D eigenvalue weighted by Gasteiger charge is 2.44. The number of ether oxygens (including phenoxy) is 1. The molecule has 3 atom stereocenters. The van der Waals surface area contributed by atoms with Gasteiger partial charge in [0.1, 0.15) is 6.10 Å². The van der Waals surface area contributed by atoms with Crippen molar-refractivity contribution in [3.8, 4) is 0 Å². The minimum atomic E-state index is -0.325. The van der Waals surface area contributed by atoms with Gasteiger partial charge in [0.05, 0.1) is 0 Å². The third kappa shape index (κ3) is 2.74. The fourth-order valence-corrected chi connectivity index (χ4v) is 2.58. The molecular weight excluding hydrogens is 204 g/mol. The smallest absolute Gasteiger partial charge is 0.249 e. The molecule has 0 aromatic carbocycles. The maximum absolute atomic E-state index is 11.6. The van der Waals surface area contributed by atoms with Crippen LogP contribution in [0.1, 0.15) is 26.2 Å². The molecule has 92 valence electrons. The Morgan fingerprint density at radius 3 is 2.75 bits per heavy atom. The largest absolute Gasteiger partial charge is 0.372 e. The molecule has 2 fully saturated rings. The Morgan fingerprint density at radius 1 is 1.44 bits per heavy atom. The summed E-state index contributed by atoms with van der Waals surface area (Å²) in [4.78, 5) is 11.6. The van der Waals surface area contributed by atoms with Crippen LogP contribution in [0.3, 0.4) is 0 Å². The van der Waals surface area contributed by atoms with Gasteiger partial charge in [-0.2, -0.15) is 0 Å². The number of hydrogen-bond donors (Lipinski definition) is 2. The molecule has 1 amide bonds. The summed E-state index contributed by atoms with van der Waals surface area (Å²) in [6.45, 7) is 4.06. The maximum Gasteiger partial charge on any atom is 0.249 e. The highest BCUT2D eigenvalue weighted by atomic mass is 16.5. The molecule has 2 aliphatic rings. The highest BCUT2D eigenvalue weighted by molar-refractivity contribution is 5.80. The Hall–Kier alpha value is -0.610. The van der Waals surface area contributed by atoms with Gasteiger partial charge in [-0.25, -0.2) is 0 Å². The van der Waals surface area contributed by atoms with E-state index in [0.29, 0.717) is 6.04 Å². The van der Waals surface area contributed by atoms with E-state index < -0.39 is 0 Å². The topological polar surface area (TPSA) is 50.4 Å². The van der Waals surface area contributed by atoms with Gasteiger partial charge in [-0.15, -0.1) is 0 Å². The van der Waals surface area contributed by atoms with E-state index in [1.807, 2.05) is 0 Å². The van der Waals surface area contributed by atoms with Gasteiger partial charge in [-0.3, -0.25) is 4.79 Å². The summed E-state index contributed by atoms with van der Waals surface area (Å²) in [6, 6.07) is 0.410. The van der Waals surface area contributed by atoms with E-state index in [1.165, 1.54) is 12.8 Å². The zero-order valence-corrected chi connectivity index (χ0v) is 10.2. The zero-order chi connectivity index (χ0) is 11.5. The lowest BCUT2D eigenvalue weighted by Gasteiger charge is -2.22. The van der Waals surface area contributed by atoms with Crippen LogP contribution in [0.15, 0.2) is 0 Å². The van der Waals surface area contributed by atoms with Crippen LogP contribution >= 0.6 is 0 Å². The molecule has 2 rings (SSSR count). The normalized spacial score (nSPS) is 32.1. The quantitative estimate of drug-likeness (QED) is 0.735. The van der Waals surface area contributed by atoms with E-state index in [0.717, 1.165) is 31.3 Å². The number of methoxy groups -OCH3 is 1. The number of piperidine rings is 1. The van der Waals surface area contributed by atoms with Crippen molar-refractivity contribution < 1.29 is 9.53 Å². The molecular formula is C12H22N2O2. The standard InChI is InChI=1S/C12H22N2O2/c1-8(16-2)12(15)14-11-7-10(11)9-3-5-13-6-4-9/h8-11,13H,3-7H2,1-2H3,(H,14,15)/t8?,10-,11+/m0/s1. The Morgan fingerprint density at radius 2 is 2.12 bits per heavy atom. The molecule has 1 saturated carbocycles. The van der Waals surface area contributed by atoms with Gasteiger partial charge < -0.3 is 15.4 Å². The maximum atomic E-state index is 11.6. The van der Waals surface area contributed by atoms with E-state index in [-0.39, 0.29) is 12.0 Å². The van der Waals surface area contributed by atoms with Gasteiger partial charge in [0.15, 0.2) is 0 Å². The van der Waals surface area contributed by atoms with Crippen LogP contribution in [0, 0.1) is 11.8 Å². The fraction of sp³-hybridized carbons (Fsp3) is 0.917. The van der Waals surface area contributed by atoms with E-state index in [1.54, 1.807) is 14.0 Å². The van der Waals surface area contributed by atoms with E-state index in [9.17, 15) is 4.79 Å². The predicted octanol–water partition coefficient (Wildman–Crippen LogP) is 0.526. The molecule has 1 unspecified atom stereocenters. The summed E-state index contributed by atoms with van der Waals surface area (Å²) in [5.74, 6) is 1.56. The van der Waals surface area contributed by atoms with Crippen LogP contribution in [-0.4, -0.2) is 38.3 Å². The second-order valence-corrected chi connectivity index (χ2v) is 4.98. The second kappa shape index (κ2) is 5.15. The number of nitrogens with one attached hydrogen (secondary N) is 2. The average molecular weight is 226 g/mol. The fourth-order valence-electron chi connectivity index (χ4n) is 2.58.